The van der Waals surface area contributed by atoms with Crippen molar-refractivity contribution in [1.82, 2.24) is 10.3 Å². The number of hydrogen-bond donors (Lipinski definition) is 1. The molecule has 1 saturated heterocycles. The van der Waals surface area contributed by atoms with E-state index in [0.717, 1.165) is 32.4 Å². The largest absolute Gasteiger partial charge is 0.378 e. The average molecular weight is 241 g/mol. The van der Waals surface area contributed by atoms with E-state index in [2.05, 4.69) is 10.3 Å². The molecule has 0 bridgehead atoms. The van der Waals surface area contributed by atoms with E-state index in [1.54, 1.807) is 7.11 Å². The molecule has 1 aromatic heterocycles. The summed E-state index contributed by atoms with van der Waals surface area (Å²) in [5.74, 6) is 0. The molecule has 0 spiro atoms. The molecule has 0 atom stereocenters. The zero-order chi connectivity index (χ0) is 11.4. The molecule has 0 aromatic carbocycles. The van der Waals surface area contributed by atoms with Crippen molar-refractivity contribution in [1.29, 1.82) is 0 Å². The fourth-order valence-electron chi connectivity index (χ4n) is 2.22. The fourth-order valence-corrected chi connectivity index (χ4v) is 2.33. The quantitative estimate of drug-likeness (QED) is 0.822. The van der Waals surface area contributed by atoms with Crippen molar-refractivity contribution in [3.63, 3.8) is 0 Å². The monoisotopic (exact) mass is 240 g/mol. The van der Waals surface area contributed by atoms with Gasteiger partial charge < -0.3 is 10.1 Å². The predicted molar refractivity (Wildman–Crippen MR) is 64.8 cm³/mol. The van der Waals surface area contributed by atoms with Crippen LogP contribution in [0.2, 0.25) is 5.15 Å². The summed E-state index contributed by atoms with van der Waals surface area (Å²) in [6, 6.07) is 3.86. The fraction of sp³-hybridized carbons (Fsp3) is 0.583. The first-order valence-electron chi connectivity index (χ1n) is 5.60. The maximum atomic E-state index is 5.77. The lowest BCUT2D eigenvalue weighted by Crippen LogP contribution is -2.44. The van der Waals surface area contributed by atoms with E-state index < -0.39 is 0 Å². The molecule has 1 N–H and O–H groups in total. The number of rotatable bonds is 3. The number of halogens is 1. The van der Waals surface area contributed by atoms with Gasteiger partial charge in [0, 0.05) is 19.7 Å². The maximum Gasteiger partial charge on any atom is 0.129 e. The number of nitrogens with one attached hydrogen (secondary N) is 1. The molecule has 16 heavy (non-hydrogen) atoms. The summed E-state index contributed by atoms with van der Waals surface area (Å²) >= 11 is 5.77. The molecule has 0 amide bonds. The predicted octanol–water partition coefficient (Wildman–Crippen LogP) is 2.05. The minimum atomic E-state index is -0.0270. The Hall–Kier alpha value is -0.640. The SMILES string of the molecule is COC1(Cc2ccc(Cl)nc2)CCNCC1. The molecule has 0 saturated carbocycles. The first-order valence-corrected chi connectivity index (χ1v) is 5.98. The van der Waals surface area contributed by atoms with Crippen molar-refractivity contribution in [2.24, 2.45) is 0 Å². The zero-order valence-corrected chi connectivity index (χ0v) is 10.3. The summed E-state index contributed by atoms with van der Waals surface area (Å²) in [6.07, 6.45) is 4.85. The Labute approximate surface area is 101 Å². The number of methoxy groups -OCH3 is 1. The van der Waals surface area contributed by atoms with E-state index in [0.29, 0.717) is 5.15 Å². The van der Waals surface area contributed by atoms with E-state index >= 15 is 0 Å². The minimum Gasteiger partial charge on any atom is -0.378 e. The van der Waals surface area contributed by atoms with Gasteiger partial charge in [0.1, 0.15) is 5.15 Å². The Bertz CT molecular complexity index is 333. The molecule has 1 aliphatic rings. The van der Waals surface area contributed by atoms with Gasteiger partial charge in [-0.25, -0.2) is 4.98 Å². The second-order valence-corrected chi connectivity index (χ2v) is 4.69. The van der Waals surface area contributed by atoms with Crippen LogP contribution in [0.4, 0.5) is 0 Å². The van der Waals surface area contributed by atoms with Crippen LogP contribution in [0.25, 0.3) is 0 Å². The molecule has 2 heterocycles. The van der Waals surface area contributed by atoms with Crippen LogP contribution in [0.5, 0.6) is 0 Å². The summed E-state index contributed by atoms with van der Waals surface area (Å²) in [5.41, 5.74) is 1.16. The molecular formula is C12H17ClN2O. The summed E-state index contributed by atoms with van der Waals surface area (Å²) in [6.45, 7) is 2.05. The molecular weight excluding hydrogens is 224 g/mol. The van der Waals surface area contributed by atoms with Gasteiger partial charge in [0.05, 0.1) is 5.60 Å². The highest BCUT2D eigenvalue weighted by Crippen LogP contribution is 2.27. The van der Waals surface area contributed by atoms with Gasteiger partial charge in [-0.05, 0) is 37.6 Å². The number of nitrogens with zero attached hydrogens (tertiary/aromatic N) is 1. The van der Waals surface area contributed by atoms with Gasteiger partial charge in [-0.2, -0.15) is 0 Å². The molecule has 1 aliphatic heterocycles. The third-order valence-electron chi connectivity index (χ3n) is 3.26. The molecule has 4 heteroatoms. The smallest absolute Gasteiger partial charge is 0.129 e. The van der Waals surface area contributed by atoms with E-state index in [4.69, 9.17) is 16.3 Å². The first-order chi connectivity index (χ1) is 7.74. The highest BCUT2D eigenvalue weighted by molar-refractivity contribution is 6.29. The molecule has 0 radical (unpaired) electrons. The molecule has 0 aliphatic carbocycles. The van der Waals surface area contributed by atoms with Gasteiger partial charge in [0.25, 0.3) is 0 Å². The van der Waals surface area contributed by atoms with Crippen LogP contribution in [0.1, 0.15) is 18.4 Å². The lowest BCUT2D eigenvalue weighted by molar-refractivity contribution is -0.0334. The Morgan fingerprint density at radius 3 is 2.75 bits per heavy atom. The molecule has 2 rings (SSSR count). The van der Waals surface area contributed by atoms with Crippen LogP contribution >= 0.6 is 11.6 Å². The maximum absolute atomic E-state index is 5.77. The van der Waals surface area contributed by atoms with E-state index in [-0.39, 0.29) is 5.60 Å². The van der Waals surface area contributed by atoms with E-state index in [9.17, 15) is 0 Å². The highest BCUT2D eigenvalue weighted by Gasteiger charge is 2.31. The number of piperidine rings is 1. The number of aromatic nitrogens is 1. The van der Waals surface area contributed by atoms with Crippen molar-refractivity contribution in [2.75, 3.05) is 20.2 Å². The normalized spacial score (nSPS) is 19.6. The van der Waals surface area contributed by atoms with Gasteiger partial charge in [-0.15, -0.1) is 0 Å². The molecule has 1 aromatic rings. The Morgan fingerprint density at radius 1 is 1.44 bits per heavy atom. The van der Waals surface area contributed by atoms with Gasteiger partial charge in [0.2, 0.25) is 0 Å². The van der Waals surface area contributed by atoms with Gasteiger partial charge in [0.15, 0.2) is 0 Å². The van der Waals surface area contributed by atoms with Crippen LogP contribution in [0.3, 0.4) is 0 Å². The summed E-state index contributed by atoms with van der Waals surface area (Å²) in [7, 11) is 1.80. The van der Waals surface area contributed by atoms with Crippen LogP contribution < -0.4 is 5.32 Å². The number of pyridine rings is 1. The second kappa shape index (κ2) is 5.13. The summed E-state index contributed by atoms with van der Waals surface area (Å²) < 4.78 is 5.71. The standard InChI is InChI=1S/C12H17ClN2O/c1-16-12(4-6-14-7-5-12)8-10-2-3-11(13)15-9-10/h2-3,9,14H,4-8H2,1H3. The second-order valence-electron chi connectivity index (χ2n) is 4.30. The van der Waals surface area contributed by atoms with Gasteiger partial charge >= 0.3 is 0 Å². The first kappa shape index (κ1) is 11.8. The lowest BCUT2D eigenvalue weighted by atomic mass is 9.86. The van der Waals surface area contributed by atoms with Crippen molar-refractivity contribution < 1.29 is 4.74 Å². The average Bonchev–Trinajstić information content (AvgIpc) is 2.33. The Kier molecular flexibility index (Phi) is 3.79. The summed E-state index contributed by atoms with van der Waals surface area (Å²) in [4.78, 5) is 4.10. The van der Waals surface area contributed by atoms with E-state index in [1.807, 2.05) is 18.3 Å². The summed E-state index contributed by atoms with van der Waals surface area (Å²) in [5, 5.41) is 3.89. The number of hydrogen-bond acceptors (Lipinski definition) is 3. The van der Waals surface area contributed by atoms with Crippen molar-refractivity contribution in [3.05, 3.63) is 29.0 Å². The van der Waals surface area contributed by atoms with E-state index in [1.165, 1.54) is 5.56 Å². The van der Waals surface area contributed by atoms with Crippen LogP contribution in [0, 0.1) is 0 Å². The topological polar surface area (TPSA) is 34.1 Å². The third kappa shape index (κ3) is 2.73. The minimum absolute atomic E-state index is 0.0270. The zero-order valence-electron chi connectivity index (χ0n) is 9.50. The molecule has 3 nitrogen and oxygen atoms in total. The van der Waals surface area contributed by atoms with Gasteiger partial charge in [-0.1, -0.05) is 17.7 Å². The van der Waals surface area contributed by atoms with Crippen molar-refractivity contribution in [3.8, 4) is 0 Å². The highest BCUT2D eigenvalue weighted by atomic mass is 35.5. The molecule has 88 valence electrons. The third-order valence-corrected chi connectivity index (χ3v) is 3.49. The Morgan fingerprint density at radius 2 is 2.19 bits per heavy atom. The van der Waals surface area contributed by atoms with Crippen LogP contribution in [-0.4, -0.2) is 30.8 Å². The molecule has 1 fully saturated rings. The van der Waals surface area contributed by atoms with Crippen LogP contribution in [-0.2, 0) is 11.2 Å². The molecule has 0 unspecified atom stereocenters. The lowest BCUT2D eigenvalue weighted by Gasteiger charge is -2.36. The van der Waals surface area contributed by atoms with Gasteiger partial charge in [-0.3, -0.25) is 0 Å². The van der Waals surface area contributed by atoms with Crippen molar-refractivity contribution >= 4 is 11.6 Å². The van der Waals surface area contributed by atoms with Crippen LogP contribution in [0.15, 0.2) is 18.3 Å². The Balaban J connectivity index is 2.08. The van der Waals surface area contributed by atoms with Crippen molar-refractivity contribution in [2.45, 2.75) is 24.9 Å². The number of ether oxygens (including phenoxy) is 1.